The van der Waals surface area contributed by atoms with Crippen LogP contribution in [0.5, 0.6) is 0 Å². The molecule has 0 aliphatic rings. The van der Waals surface area contributed by atoms with E-state index < -0.39 is 0 Å². The van der Waals surface area contributed by atoms with E-state index >= 15 is 0 Å². The number of aryl methyl sites for hydroxylation is 1. The number of fused-ring (bicyclic) bond motifs is 1. The zero-order valence-electron chi connectivity index (χ0n) is 11.0. The maximum absolute atomic E-state index is 12.1. The van der Waals surface area contributed by atoms with E-state index in [1.54, 1.807) is 6.33 Å². The summed E-state index contributed by atoms with van der Waals surface area (Å²) in [5.74, 6) is 0.641. The normalized spacial score (nSPS) is 10.8. The van der Waals surface area contributed by atoms with Crippen molar-refractivity contribution in [2.45, 2.75) is 6.42 Å². The van der Waals surface area contributed by atoms with Gasteiger partial charge in [-0.05, 0) is 6.07 Å². The lowest BCUT2D eigenvalue weighted by atomic mass is 10.2. The van der Waals surface area contributed by atoms with Crippen LogP contribution in [0.4, 0.5) is 0 Å². The van der Waals surface area contributed by atoms with Crippen LogP contribution in [0.3, 0.4) is 0 Å². The van der Waals surface area contributed by atoms with Crippen molar-refractivity contribution in [3.05, 3.63) is 42.1 Å². The van der Waals surface area contributed by atoms with E-state index in [1.807, 2.05) is 35.9 Å². The minimum atomic E-state index is -0.190. The number of aromatic nitrogens is 5. The molecule has 3 aromatic rings. The Morgan fingerprint density at radius 3 is 3.05 bits per heavy atom. The van der Waals surface area contributed by atoms with Crippen LogP contribution in [0, 0.1) is 0 Å². The van der Waals surface area contributed by atoms with E-state index in [2.05, 4.69) is 25.7 Å². The maximum Gasteiger partial charge on any atom is 0.272 e. The van der Waals surface area contributed by atoms with Crippen molar-refractivity contribution in [2.75, 3.05) is 6.54 Å². The number of benzene rings is 1. The summed E-state index contributed by atoms with van der Waals surface area (Å²) in [6, 6.07) is 7.54. The Morgan fingerprint density at radius 1 is 1.40 bits per heavy atom. The van der Waals surface area contributed by atoms with Crippen molar-refractivity contribution in [3.63, 3.8) is 0 Å². The Kier molecular flexibility index (Phi) is 3.16. The topological polar surface area (TPSA) is 88.5 Å². The lowest BCUT2D eigenvalue weighted by Crippen LogP contribution is -2.26. The zero-order valence-corrected chi connectivity index (χ0v) is 11.0. The molecule has 20 heavy (non-hydrogen) atoms. The molecule has 0 atom stereocenters. The number of aromatic amines is 1. The Balaban J connectivity index is 1.66. The number of hydrogen-bond donors (Lipinski definition) is 2. The highest BCUT2D eigenvalue weighted by molar-refractivity contribution is 6.04. The molecule has 3 rings (SSSR count). The number of carbonyl (C=O) groups is 1. The van der Waals surface area contributed by atoms with Gasteiger partial charge in [0.15, 0.2) is 5.69 Å². The molecule has 0 saturated carbocycles. The van der Waals surface area contributed by atoms with Crippen LogP contribution in [-0.4, -0.2) is 37.4 Å². The van der Waals surface area contributed by atoms with Gasteiger partial charge in [-0.1, -0.05) is 18.2 Å². The number of carbonyl (C=O) groups excluding carboxylic acids is 1. The fraction of sp³-hybridized carbons (Fsp3) is 0.231. The molecule has 0 spiro atoms. The smallest absolute Gasteiger partial charge is 0.272 e. The highest BCUT2D eigenvalue weighted by atomic mass is 16.1. The molecule has 2 heterocycles. The monoisotopic (exact) mass is 270 g/mol. The molecular weight excluding hydrogens is 256 g/mol. The first-order valence-corrected chi connectivity index (χ1v) is 6.30. The van der Waals surface area contributed by atoms with Gasteiger partial charge >= 0.3 is 0 Å². The summed E-state index contributed by atoms with van der Waals surface area (Å²) in [4.78, 5) is 12.1. The zero-order chi connectivity index (χ0) is 13.9. The van der Waals surface area contributed by atoms with Gasteiger partial charge in [-0.25, -0.2) is 0 Å². The number of H-pyrrole nitrogens is 1. The molecule has 1 aromatic carbocycles. The van der Waals surface area contributed by atoms with Crippen molar-refractivity contribution >= 4 is 16.8 Å². The lowest BCUT2D eigenvalue weighted by molar-refractivity contribution is 0.0950. The number of amides is 1. The van der Waals surface area contributed by atoms with Gasteiger partial charge in [-0.3, -0.25) is 9.89 Å². The molecule has 0 radical (unpaired) electrons. The van der Waals surface area contributed by atoms with Crippen molar-refractivity contribution in [1.82, 2.24) is 30.3 Å². The van der Waals surface area contributed by atoms with E-state index in [4.69, 9.17) is 0 Å². The number of para-hydroxylation sites is 1. The van der Waals surface area contributed by atoms with Crippen molar-refractivity contribution < 1.29 is 4.79 Å². The van der Waals surface area contributed by atoms with E-state index in [0.717, 1.165) is 16.7 Å². The second-order valence-corrected chi connectivity index (χ2v) is 4.48. The molecule has 0 bridgehead atoms. The first kappa shape index (κ1) is 12.3. The van der Waals surface area contributed by atoms with E-state index in [1.165, 1.54) is 0 Å². The van der Waals surface area contributed by atoms with Crippen LogP contribution in [0.25, 0.3) is 10.9 Å². The molecule has 2 N–H and O–H groups in total. The molecule has 102 valence electrons. The molecule has 1 amide bonds. The summed E-state index contributed by atoms with van der Waals surface area (Å²) >= 11 is 0. The first-order chi connectivity index (χ1) is 9.75. The van der Waals surface area contributed by atoms with Crippen molar-refractivity contribution in [1.29, 1.82) is 0 Å². The molecule has 0 aliphatic heterocycles. The molecule has 0 unspecified atom stereocenters. The van der Waals surface area contributed by atoms with Crippen LogP contribution in [0.15, 0.2) is 30.6 Å². The number of hydrogen-bond acceptors (Lipinski definition) is 4. The van der Waals surface area contributed by atoms with Crippen LogP contribution in [0.2, 0.25) is 0 Å². The number of nitrogens with one attached hydrogen (secondary N) is 2. The molecule has 0 saturated heterocycles. The van der Waals surface area contributed by atoms with E-state index in [0.29, 0.717) is 18.7 Å². The summed E-state index contributed by atoms with van der Waals surface area (Å²) in [7, 11) is 1.87. The second kappa shape index (κ2) is 5.12. The van der Waals surface area contributed by atoms with Gasteiger partial charge in [0.25, 0.3) is 5.91 Å². The molecule has 7 heteroatoms. The summed E-state index contributed by atoms with van der Waals surface area (Å²) in [5, 5.41) is 18.3. The third-order valence-electron chi connectivity index (χ3n) is 3.12. The highest BCUT2D eigenvalue weighted by Gasteiger charge is 2.13. The van der Waals surface area contributed by atoms with Gasteiger partial charge < -0.3 is 9.88 Å². The summed E-state index contributed by atoms with van der Waals surface area (Å²) in [6.07, 6.45) is 2.27. The van der Waals surface area contributed by atoms with Crippen LogP contribution < -0.4 is 5.32 Å². The minimum absolute atomic E-state index is 0.190. The summed E-state index contributed by atoms with van der Waals surface area (Å²) in [6.45, 7) is 0.493. The Morgan fingerprint density at radius 2 is 2.25 bits per heavy atom. The van der Waals surface area contributed by atoms with Crippen molar-refractivity contribution in [3.8, 4) is 0 Å². The SMILES string of the molecule is Cn1cnnc1CCNC(=O)c1n[nH]c2ccccc12. The predicted octanol–water partition coefficient (Wildman–Crippen LogP) is 0.664. The Hall–Kier alpha value is -2.70. The molecule has 2 aromatic heterocycles. The quantitative estimate of drug-likeness (QED) is 0.729. The van der Waals surface area contributed by atoms with Crippen LogP contribution in [-0.2, 0) is 13.5 Å². The largest absolute Gasteiger partial charge is 0.350 e. The van der Waals surface area contributed by atoms with Crippen molar-refractivity contribution in [2.24, 2.45) is 7.05 Å². The minimum Gasteiger partial charge on any atom is -0.350 e. The number of nitrogens with zero attached hydrogens (tertiary/aromatic N) is 4. The van der Waals surface area contributed by atoms with E-state index in [-0.39, 0.29) is 5.91 Å². The van der Waals surface area contributed by atoms with Crippen LogP contribution >= 0.6 is 0 Å². The van der Waals surface area contributed by atoms with Gasteiger partial charge in [-0.15, -0.1) is 10.2 Å². The average molecular weight is 270 g/mol. The van der Waals surface area contributed by atoms with Gasteiger partial charge in [0.05, 0.1) is 5.52 Å². The van der Waals surface area contributed by atoms with Gasteiger partial charge in [0.2, 0.25) is 0 Å². The first-order valence-electron chi connectivity index (χ1n) is 6.30. The van der Waals surface area contributed by atoms with Gasteiger partial charge in [0, 0.05) is 25.4 Å². The third-order valence-corrected chi connectivity index (χ3v) is 3.12. The van der Waals surface area contributed by atoms with Crippen LogP contribution in [0.1, 0.15) is 16.3 Å². The molecular formula is C13H14N6O. The highest BCUT2D eigenvalue weighted by Crippen LogP contribution is 2.14. The lowest BCUT2D eigenvalue weighted by Gasteiger charge is -2.03. The molecule has 0 fully saturated rings. The summed E-state index contributed by atoms with van der Waals surface area (Å²) < 4.78 is 1.83. The molecule has 7 nitrogen and oxygen atoms in total. The summed E-state index contributed by atoms with van der Waals surface area (Å²) in [5.41, 5.74) is 1.27. The van der Waals surface area contributed by atoms with E-state index in [9.17, 15) is 4.79 Å². The standard InChI is InChI=1S/C13H14N6O/c1-19-8-15-17-11(19)6-7-14-13(20)12-9-4-2-3-5-10(9)16-18-12/h2-5,8H,6-7H2,1H3,(H,14,20)(H,16,18). The average Bonchev–Trinajstić information content (AvgIpc) is 3.05. The van der Waals surface area contributed by atoms with Gasteiger partial charge in [0.1, 0.15) is 12.2 Å². The Bertz CT molecular complexity index is 744. The fourth-order valence-corrected chi connectivity index (χ4v) is 2.04. The second-order valence-electron chi connectivity index (χ2n) is 4.48. The number of rotatable bonds is 4. The Labute approximate surface area is 115 Å². The third kappa shape index (κ3) is 2.25. The maximum atomic E-state index is 12.1. The van der Waals surface area contributed by atoms with Gasteiger partial charge in [-0.2, -0.15) is 5.10 Å². The fourth-order valence-electron chi connectivity index (χ4n) is 2.04. The molecule has 0 aliphatic carbocycles. The predicted molar refractivity (Wildman–Crippen MR) is 73.1 cm³/mol.